The van der Waals surface area contributed by atoms with Crippen molar-refractivity contribution in [1.82, 2.24) is 0 Å². The number of hydrogen-bond acceptors (Lipinski definition) is 4. The van der Waals surface area contributed by atoms with Gasteiger partial charge in [-0.25, -0.2) is 0 Å². The molecule has 1 fully saturated rings. The summed E-state index contributed by atoms with van der Waals surface area (Å²) < 4.78 is 5.66. The van der Waals surface area contributed by atoms with Crippen molar-refractivity contribution in [2.24, 2.45) is 17.6 Å². The van der Waals surface area contributed by atoms with Crippen molar-refractivity contribution >= 4 is 17.3 Å². The molecule has 20 heavy (non-hydrogen) atoms. The largest absolute Gasteiger partial charge is 0.376 e. The van der Waals surface area contributed by atoms with E-state index in [1.165, 1.54) is 18.6 Å². The van der Waals surface area contributed by atoms with Crippen LogP contribution in [0.1, 0.15) is 24.8 Å². The van der Waals surface area contributed by atoms with Crippen LogP contribution in [0.4, 0.5) is 5.69 Å². The molecule has 110 valence electrons. The molecule has 0 spiro atoms. The van der Waals surface area contributed by atoms with Crippen LogP contribution in [0.15, 0.2) is 18.2 Å². The van der Waals surface area contributed by atoms with E-state index in [0.29, 0.717) is 35.6 Å². The molecule has 1 aliphatic carbocycles. The van der Waals surface area contributed by atoms with Gasteiger partial charge in [0.05, 0.1) is 23.7 Å². The van der Waals surface area contributed by atoms with Gasteiger partial charge in [-0.1, -0.05) is 18.0 Å². The second-order valence-corrected chi connectivity index (χ2v) is 5.67. The van der Waals surface area contributed by atoms with Gasteiger partial charge in [0.1, 0.15) is 0 Å². The molecule has 2 unspecified atom stereocenters. The second kappa shape index (κ2) is 7.02. The first kappa shape index (κ1) is 15.2. The van der Waals surface area contributed by atoms with Gasteiger partial charge in [0, 0.05) is 11.1 Å². The van der Waals surface area contributed by atoms with Crippen molar-refractivity contribution in [2.75, 3.05) is 13.2 Å². The molecule has 1 saturated carbocycles. The van der Waals surface area contributed by atoms with E-state index in [0.717, 1.165) is 12.8 Å². The number of rotatable bonds is 6. The van der Waals surface area contributed by atoms with Crippen LogP contribution in [0.5, 0.6) is 0 Å². The topological polar surface area (TPSA) is 78.4 Å². The molecule has 2 N–H and O–H groups in total. The monoisotopic (exact) mass is 298 g/mol. The van der Waals surface area contributed by atoms with Gasteiger partial charge >= 0.3 is 0 Å². The van der Waals surface area contributed by atoms with Gasteiger partial charge in [0.25, 0.3) is 5.69 Å². The minimum absolute atomic E-state index is 0.0520. The quantitative estimate of drug-likeness (QED) is 0.646. The molecule has 0 radical (unpaired) electrons. The molecule has 0 bridgehead atoms. The third kappa shape index (κ3) is 3.69. The molecule has 0 amide bonds. The zero-order valence-corrected chi connectivity index (χ0v) is 12.0. The van der Waals surface area contributed by atoms with Crippen molar-refractivity contribution in [2.45, 2.75) is 25.9 Å². The molecule has 6 heteroatoms. The van der Waals surface area contributed by atoms with Crippen molar-refractivity contribution < 1.29 is 9.66 Å². The van der Waals surface area contributed by atoms with Crippen molar-refractivity contribution in [1.29, 1.82) is 0 Å². The highest BCUT2D eigenvalue weighted by atomic mass is 35.5. The maximum atomic E-state index is 10.9. The Morgan fingerprint density at radius 1 is 1.40 bits per heavy atom. The number of nitro benzene ring substituents is 1. The molecule has 0 aliphatic heterocycles. The fourth-order valence-electron chi connectivity index (χ4n) is 2.81. The molecular formula is C14H19ClN2O3. The first-order valence-corrected chi connectivity index (χ1v) is 7.20. The summed E-state index contributed by atoms with van der Waals surface area (Å²) in [6.07, 6.45) is 3.47. The minimum atomic E-state index is -0.409. The predicted octanol–water partition coefficient (Wildman–Crippen LogP) is 3.14. The molecule has 2 rings (SSSR count). The molecule has 1 aliphatic rings. The average molecular weight is 299 g/mol. The molecule has 0 aromatic heterocycles. The van der Waals surface area contributed by atoms with Crippen molar-refractivity contribution in [3.63, 3.8) is 0 Å². The standard InChI is InChI=1S/C14H19ClN2O3/c15-13-4-5-14(17(18)19)12(6-13)9-20-8-11-3-1-2-10(11)7-16/h4-6,10-11H,1-3,7-9,16H2. The van der Waals surface area contributed by atoms with Crippen molar-refractivity contribution in [3.8, 4) is 0 Å². The smallest absolute Gasteiger partial charge is 0.275 e. The summed E-state index contributed by atoms with van der Waals surface area (Å²) in [6.45, 7) is 1.50. The number of benzene rings is 1. The molecule has 0 saturated heterocycles. The van der Waals surface area contributed by atoms with E-state index < -0.39 is 4.92 Å². The number of nitro groups is 1. The number of nitrogens with zero attached hydrogens (tertiary/aromatic N) is 1. The van der Waals surface area contributed by atoms with Gasteiger partial charge in [0.2, 0.25) is 0 Å². The summed E-state index contributed by atoms with van der Waals surface area (Å²) in [6, 6.07) is 4.53. The molecule has 1 aromatic rings. The molecule has 2 atom stereocenters. The lowest BCUT2D eigenvalue weighted by Crippen LogP contribution is -2.22. The van der Waals surface area contributed by atoms with Crippen LogP contribution >= 0.6 is 11.6 Å². The van der Waals surface area contributed by atoms with Crippen LogP contribution in [-0.2, 0) is 11.3 Å². The zero-order chi connectivity index (χ0) is 14.5. The highest BCUT2D eigenvalue weighted by molar-refractivity contribution is 6.30. The first-order chi connectivity index (χ1) is 9.61. The minimum Gasteiger partial charge on any atom is -0.376 e. The molecule has 1 aromatic carbocycles. The third-order valence-corrected chi connectivity index (χ3v) is 4.18. The van der Waals surface area contributed by atoms with E-state index in [-0.39, 0.29) is 12.3 Å². The summed E-state index contributed by atoms with van der Waals surface area (Å²) in [4.78, 5) is 10.5. The van der Waals surface area contributed by atoms with E-state index in [1.807, 2.05) is 0 Å². The van der Waals surface area contributed by atoms with Crippen LogP contribution < -0.4 is 5.73 Å². The van der Waals surface area contributed by atoms with Gasteiger partial charge in [-0.2, -0.15) is 0 Å². The van der Waals surface area contributed by atoms with E-state index in [9.17, 15) is 10.1 Å². The van der Waals surface area contributed by atoms with E-state index in [2.05, 4.69) is 0 Å². The summed E-state index contributed by atoms with van der Waals surface area (Å²) >= 11 is 5.88. The fraction of sp³-hybridized carbons (Fsp3) is 0.571. The number of nitrogens with two attached hydrogens (primary N) is 1. The van der Waals surface area contributed by atoms with Crippen LogP contribution in [0.2, 0.25) is 5.02 Å². The second-order valence-electron chi connectivity index (χ2n) is 5.23. The van der Waals surface area contributed by atoms with E-state index >= 15 is 0 Å². The van der Waals surface area contributed by atoms with Gasteiger partial charge < -0.3 is 10.5 Å². The van der Waals surface area contributed by atoms with Gasteiger partial charge in [0.15, 0.2) is 0 Å². The Kier molecular flexibility index (Phi) is 5.34. The Morgan fingerprint density at radius 3 is 2.85 bits per heavy atom. The van der Waals surface area contributed by atoms with Crippen LogP contribution in [0, 0.1) is 22.0 Å². The Morgan fingerprint density at radius 2 is 2.15 bits per heavy atom. The number of hydrogen-bond donors (Lipinski definition) is 1. The lowest BCUT2D eigenvalue weighted by atomic mass is 9.97. The predicted molar refractivity (Wildman–Crippen MR) is 77.6 cm³/mol. The maximum absolute atomic E-state index is 10.9. The first-order valence-electron chi connectivity index (χ1n) is 6.82. The molecular weight excluding hydrogens is 280 g/mol. The SMILES string of the molecule is NCC1CCCC1COCc1cc(Cl)ccc1[N+](=O)[O-]. The lowest BCUT2D eigenvalue weighted by molar-refractivity contribution is -0.386. The van der Waals surface area contributed by atoms with E-state index in [1.54, 1.807) is 6.07 Å². The summed E-state index contributed by atoms with van der Waals surface area (Å²) in [5.74, 6) is 0.989. The summed E-state index contributed by atoms with van der Waals surface area (Å²) in [5, 5.41) is 11.4. The Hall–Kier alpha value is -1.17. The van der Waals surface area contributed by atoms with Gasteiger partial charge in [-0.05, 0) is 43.4 Å². The Labute approximate surface area is 123 Å². The third-order valence-electron chi connectivity index (χ3n) is 3.95. The summed E-state index contributed by atoms with van der Waals surface area (Å²) in [5.41, 5.74) is 6.30. The highest BCUT2D eigenvalue weighted by Crippen LogP contribution is 2.31. The lowest BCUT2D eigenvalue weighted by Gasteiger charge is -2.17. The van der Waals surface area contributed by atoms with Crippen LogP contribution in [0.25, 0.3) is 0 Å². The molecule has 5 nitrogen and oxygen atoms in total. The van der Waals surface area contributed by atoms with Gasteiger partial charge in [-0.15, -0.1) is 0 Å². The number of ether oxygens (including phenoxy) is 1. The fourth-order valence-corrected chi connectivity index (χ4v) is 3.01. The molecule has 0 heterocycles. The average Bonchev–Trinajstić information content (AvgIpc) is 2.86. The van der Waals surface area contributed by atoms with Crippen LogP contribution in [0.3, 0.4) is 0 Å². The number of halogens is 1. The zero-order valence-electron chi connectivity index (χ0n) is 11.3. The normalized spacial score (nSPS) is 22.1. The maximum Gasteiger partial charge on any atom is 0.275 e. The van der Waals surface area contributed by atoms with Crippen LogP contribution in [-0.4, -0.2) is 18.1 Å². The Balaban J connectivity index is 1.93. The van der Waals surface area contributed by atoms with E-state index in [4.69, 9.17) is 22.1 Å². The van der Waals surface area contributed by atoms with Gasteiger partial charge in [-0.3, -0.25) is 10.1 Å². The van der Waals surface area contributed by atoms with Crippen molar-refractivity contribution in [3.05, 3.63) is 38.9 Å². The summed E-state index contributed by atoms with van der Waals surface area (Å²) in [7, 11) is 0. The highest BCUT2D eigenvalue weighted by Gasteiger charge is 2.26. The Bertz CT molecular complexity index is 481.